The zero-order valence-corrected chi connectivity index (χ0v) is 19.3. The number of aryl methyl sites for hydroxylation is 1. The lowest BCUT2D eigenvalue weighted by Gasteiger charge is -2.28. The average Bonchev–Trinajstić information content (AvgIpc) is 2.86. The van der Waals surface area contributed by atoms with Crippen molar-refractivity contribution >= 4 is 11.9 Å². The molecule has 1 aliphatic carbocycles. The molecule has 3 aromatic rings. The molecular formula is C26H28N4O4. The van der Waals surface area contributed by atoms with Crippen LogP contribution in [0, 0.1) is 12.8 Å². The maximum absolute atomic E-state index is 12.2. The summed E-state index contributed by atoms with van der Waals surface area (Å²) in [7, 11) is 0. The lowest BCUT2D eigenvalue weighted by Crippen LogP contribution is -2.27. The van der Waals surface area contributed by atoms with Crippen LogP contribution in [0.15, 0.2) is 48.7 Å². The van der Waals surface area contributed by atoms with Crippen LogP contribution in [-0.2, 0) is 16.1 Å². The van der Waals surface area contributed by atoms with Gasteiger partial charge in [-0.05, 0) is 62.1 Å². The van der Waals surface area contributed by atoms with Crippen LogP contribution >= 0.6 is 0 Å². The molecule has 1 amide bonds. The van der Waals surface area contributed by atoms with E-state index in [9.17, 15) is 14.7 Å². The molecule has 0 aliphatic heterocycles. The van der Waals surface area contributed by atoms with Gasteiger partial charge in [0.1, 0.15) is 5.82 Å². The van der Waals surface area contributed by atoms with Crippen LogP contribution in [0.5, 0.6) is 5.75 Å². The van der Waals surface area contributed by atoms with E-state index in [1.54, 1.807) is 13.1 Å². The Labute approximate surface area is 198 Å². The molecule has 1 aliphatic rings. The highest BCUT2D eigenvalue weighted by Gasteiger charge is 2.25. The summed E-state index contributed by atoms with van der Waals surface area (Å²) in [6.45, 7) is 2.79. The van der Waals surface area contributed by atoms with Crippen molar-refractivity contribution in [1.29, 1.82) is 0 Å². The Morgan fingerprint density at radius 3 is 2.44 bits per heavy atom. The van der Waals surface area contributed by atoms with Gasteiger partial charge < -0.3 is 9.94 Å². The maximum atomic E-state index is 12.2. The third-order valence-electron chi connectivity index (χ3n) is 6.27. The first-order valence-electron chi connectivity index (χ1n) is 11.5. The Hall–Kier alpha value is -3.81. The number of nitrogens with zero attached hydrogens (tertiary/aromatic N) is 3. The maximum Gasteiger partial charge on any atom is 0.329 e. The third-order valence-corrected chi connectivity index (χ3v) is 6.27. The second kappa shape index (κ2) is 10.4. The highest BCUT2D eigenvalue weighted by Crippen LogP contribution is 2.37. The summed E-state index contributed by atoms with van der Waals surface area (Å²) in [5, 5.41) is 10.2. The van der Waals surface area contributed by atoms with Crippen molar-refractivity contribution in [3.05, 3.63) is 71.4 Å². The molecule has 2 N–H and O–H groups in total. The Balaban J connectivity index is 1.37. The van der Waals surface area contributed by atoms with E-state index in [1.165, 1.54) is 12.5 Å². The van der Waals surface area contributed by atoms with Crippen molar-refractivity contribution in [3.8, 4) is 17.0 Å². The largest absolute Gasteiger partial charge is 0.504 e. The van der Waals surface area contributed by atoms with Gasteiger partial charge in [-0.25, -0.2) is 9.97 Å². The zero-order valence-electron chi connectivity index (χ0n) is 19.3. The molecule has 0 saturated heterocycles. The topological polar surface area (TPSA) is 114 Å². The number of carbonyl (C=O) groups is 2. The van der Waals surface area contributed by atoms with Crippen LogP contribution in [0.3, 0.4) is 0 Å². The van der Waals surface area contributed by atoms with Crippen molar-refractivity contribution in [2.45, 2.75) is 51.9 Å². The predicted octanol–water partition coefficient (Wildman–Crippen LogP) is 4.28. The summed E-state index contributed by atoms with van der Waals surface area (Å²) < 4.78 is 0. The summed E-state index contributed by atoms with van der Waals surface area (Å²) >= 11 is 0. The number of carbonyl (C=O) groups excluding carboxylic acids is 2. The normalized spacial score (nSPS) is 17.7. The number of hydroxylamine groups is 1. The van der Waals surface area contributed by atoms with E-state index >= 15 is 0 Å². The molecule has 2 aromatic heterocycles. The van der Waals surface area contributed by atoms with Crippen molar-refractivity contribution < 1.29 is 19.5 Å². The van der Waals surface area contributed by atoms with Gasteiger partial charge in [0.25, 0.3) is 0 Å². The second-order valence-electron chi connectivity index (χ2n) is 8.71. The third kappa shape index (κ3) is 5.57. The minimum Gasteiger partial charge on any atom is -0.504 e. The van der Waals surface area contributed by atoms with Gasteiger partial charge >= 0.3 is 11.9 Å². The summed E-state index contributed by atoms with van der Waals surface area (Å²) in [5.74, 6) is -0.337. The minimum atomic E-state index is -0.780. The smallest absolute Gasteiger partial charge is 0.329 e. The van der Waals surface area contributed by atoms with Crippen LogP contribution in [0.25, 0.3) is 11.3 Å². The first kappa shape index (κ1) is 23.4. The molecule has 1 fully saturated rings. The molecule has 1 saturated carbocycles. The Morgan fingerprint density at radius 1 is 1.06 bits per heavy atom. The fourth-order valence-corrected chi connectivity index (χ4v) is 4.46. The van der Waals surface area contributed by atoms with Crippen LogP contribution in [-0.4, -0.2) is 31.9 Å². The van der Waals surface area contributed by atoms with E-state index in [4.69, 9.17) is 0 Å². The highest BCUT2D eigenvalue weighted by molar-refractivity contribution is 5.94. The van der Waals surface area contributed by atoms with E-state index < -0.39 is 11.9 Å². The fraction of sp³-hybridized carbons (Fsp3) is 0.346. The van der Waals surface area contributed by atoms with Gasteiger partial charge in [0.2, 0.25) is 0 Å². The van der Waals surface area contributed by atoms with Gasteiger partial charge in [-0.3, -0.25) is 14.6 Å². The molecule has 0 spiro atoms. The number of amides is 1. The first-order valence-corrected chi connectivity index (χ1v) is 11.5. The molecule has 1 aromatic carbocycles. The summed E-state index contributed by atoms with van der Waals surface area (Å²) in [6, 6.07) is 14.6. The first-order chi connectivity index (χ1) is 16.4. The summed E-state index contributed by atoms with van der Waals surface area (Å²) in [4.78, 5) is 40.7. The van der Waals surface area contributed by atoms with Gasteiger partial charge in [-0.2, -0.15) is 5.48 Å². The number of nitrogens with one attached hydrogen (secondary N) is 1. The second-order valence-corrected chi connectivity index (χ2v) is 8.71. The molecule has 0 atom stereocenters. The van der Waals surface area contributed by atoms with Crippen molar-refractivity contribution in [3.63, 3.8) is 0 Å². The molecule has 0 radical (unpaired) electrons. The monoisotopic (exact) mass is 460 g/mol. The Bertz CT molecular complexity index is 1160. The van der Waals surface area contributed by atoms with Crippen molar-refractivity contribution in [1.82, 2.24) is 20.4 Å². The van der Waals surface area contributed by atoms with E-state index in [1.807, 2.05) is 23.7 Å². The quantitative estimate of drug-likeness (QED) is 0.546. The number of hydrogen-bond donors (Lipinski definition) is 2. The number of rotatable bonds is 5. The molecular weight excluding hydrogens is 432 g/mol. The van der Waals surface area contributed by atoms with Gasteiger partial charge in [0.05, 0.1) is 11.4 Å². The molecule has 8 nitrogen and oxygen atoms in total. The molecule has 0 unspecified atom stereocenters. The van der Waals surface area contributed by atoms with Crippen LogP contribution in [0.4, 0.5) is 0 Å². The minimum absolute atomic E-state index is 0.189. The van der Waals surface area contributed by atoms with Crippen molar-refractivity contribution in [2.75, 3.05) is 0 Å². The molecule has 176 valence electrons. The summed E-state index contributed by atoms with van der Waals surface area (Å²) in [5.41, 5.74) is 5.56. The predicted molar refractivity (Wildman–Crippen MR) is 126 cm³/mol. The van der Waals surface area contributed by atoms with E-state index in [-0.39, 0.29) is 11.4 Å². The Morgan fingerprint density at radius 2 is 1.79 bits per heavy atom. The molecule has 8 heteroatoms. The highest BCUT2D eigenvalue weighted by atomic mass is 16.7. The van der Waals surface area contributed by atoms with E-state index in [0.717, 1.165) is 36.9 Å². The lowest BCUT2D eigenvalue weighted by atomic mass is 9.77. The average molecular weight is 461 g/mol. The van der Waals surface area contributed by atoms with Crippen LogP contribution in [0.1, 0.15) is 66.1 Å². The molecule has 2 heterocycles. The summed E-state index contributed by atoms with van der Waals surface area (Å²) in [6.07, 6.45) is 6.64. The number of hydrogen-bond acceptors (Lipinski definition) is 7. The standard InChI is InChI=1S/C26H28N4O4/c1-16-25(32)24(26(33)30-34-17(2)31)29-23(28-16)15-18-6-8-19(9-7-18)20-10-12-21(13-11-20)22-5-3-4-14-27-22/h3-5,10-14,18-19,32H,6-9,15H2,1-2H3,(H,30,33). The van der Waals surface area contributed by atoms with E-state index in [0.29, 0.717) is 29.8 Å². The number of aromatic nitrogens is 3. The lowest BCUT2D eigenvalue weighted by molar-refractivity contribution is -0.146. The number of benzene rings is 1. The molecule has 0 bridgehead atoms. The van der Waals surface area contributed by atoms with Gasteiger partial charge in [0.15, 0.2) is 11.4 Å². The number of aromatic hydroxyl groups is 1. The number of pyridine rings is 1. The van der Waals surface area contributed by atoms with Crippen molar-refractivity contribution in [2.24, 2.45) is 5.92 Å². The van der Waals surface area contributed by atoms with Gasteiger partial charge in [-0.1, -0.05) is 30.3 Å². The molecule has 34 heavy (non-hydrogen) atoms. The molecule has 4 rings (SSSR count). The Kier molecular flexibility index (Phi) is 7.15. The van der Waals surface area contributed by atoms with E-state index in [2.05, 4.69) is 44.1 Å². The van der Waals surface area contributed by atoms with Gasteiger partial charge in [0, 0.05) is 25.1 Å². The van der Waals surface area contributed by atoms with Gasteiger partial charge in [-0.15, -0.1) is 0 Å². The fourth-order valence-electron chi connectivity index (χ4n) is 4.46. The van der Waals surface area contributed by atoms with Crippen LogP contribution in [0.2, 0.25) is 0 Å². The zero-order chi connectivity index (χ0) is 24.1. The van der Waals surface area contributed by atoms with Crippen LogP contribution < -0.4 is 5.48 Å². The SMILES string of the molecule is CC(=O)ONC(=O)c1nc(CC2CCC(c3ccc(-c4ccccn4)cc3)CC2)nc(C)c1O.